The Hall–Kier alpha value is -3.58. The van der Waals surface area contributed by atoms with Crippen LogP contribution in [0.4, 0.5) is 15.0 Å². The third kappa shape index (κ3) is 4.46. The van der Waals surface area contributed by atoms with Crippen LogP contribution in [0.2, 0.25) is 0 Å². The number of fused-ring (bicyclic) bond motifs is 1. The first-order valence-electron chi connectivity index (χ1n) is 9.05. The van der Waals surface area contributed by atoms with E-state index in [0.717, 1.165) is 5.56 Å². The smallest absolute Gasteiger partial charge is 0.415 e. The summed E-state index contributed by atoms with van der Waals surface area (Å²) in [5, 5.41) is 3.92. The van der Waals surface area contributed by atoms with E-state index in [2.05, 4.69) is 24.5 Å². The molecule has 0 radical (unpaired) electrons. The molecule has 2 N–H and O–H groups in total. The molecule has 1 aromatic carbocycles. The van der Waals surface area contributed by atoms with Gasteiger partial charge in [0.15, 0.2) is 22.8 Å². The lowest BCUT2D eigenvalue weighted by molar-refractivity contribution is 0.134. The molecule has 1 amide bonds. The molecular formula is C18H18FN7O4S. The summed E-state index contributed by atoms with van der Waals surface area (Å²) in [6.45, 7) is 0.163. The Morgan fingerprint density at radius 1 is 1.32 bits per heavy atom. The number of pyridine rings is 1. The van der Waals surface area contributed by atoms with E-state index in [1.807, 2.05) is 0 Å². The van der Waals surface area contributed by atoms with Gasteiger partial charge in [-0.1, -0.05) is 0 Å². The molecular weight excluding hydrogens is 429 g/mol. The summed E-state index contributed by atoms with van der Waals surface area (Å²) < 4.78 is 43.6. The Morgan fingerprint density at radius 2 is 2.16 bits per heavy atom. The number of carbonyl (C=O) groups excluding carboxylic acids is 1. The molecule has 0 aliphatic carbocycles. The Kier molecular flexibility index (Phi) is 5.77. The van der Waals surface area contributed by atoms with Crippen molar-refractivity contribution in [3.05, 3.63) is 53.7 Å². The third-order valence-corrected chi connectivity index (χ3v) is 5.19. The lowest BCUT2D eigenvalue weighted by Gasteiger charge is -2.28. The van der Waals surface area contributed by atoms with E-state index in [1.54, 1.807) is 25.2 Å². The third-order valence-electron chi connectivity index (χ3n) is 4.44. The number of hydrogen-bond donors (Lipinski definition) is 2. The van der Waals surface area contributed by atoms with Gasteiger partial charge in [-0.25, -0.2) is 27.8 Å². The van der Waals surface area contributed by atoms with E-state index in [0.29, 0.717) is 17.5 Å². The number of nitrogens with one attached hydrogen (secondary N) is 2. The van der Waals surface area contributed by atoms with Crippen molar-refractivity contribution in [3.63, 3.8) is 0 Å². The van der Waals surface area contributed by atoms with Gasteiger partial charge in [0.2, 0.25) is 0 Å². The van der Waals surface area contributed by atoms with Crippen molar-refractivity contribution in [2.75, 3.05) is 11.8 Å². The summed E-state index contributed by atoms with van der Waals surface area (Å²) in [5.74, 6) is -0.0916. The molecule has 0 saturated heterocycles. The minimum Gasteiger partial charge on any atom is -0.424 e. The van der Waals surface area contributed by atoms with Gasteiger partial charge in [0.25, 0.3) is 0 Å². The lowest BCUT2D eigenvalue weighted by Crippen LogP contribution is -2.36. The van der Waals surface area contributed by atoms with Gasteiger partial charge in [0.05, 0.1) is 13.1 Å². The molecule has 0 fully saturated rings. The minimum absolute atomic E-state index is 0.0509. The summed E-state index contributed by atoms with van der Waals surface area (Å²) >= 11 is -1.69. The van der Waals surface area contributed by atoms with Gasteiger partial charge in [0.1, 0.15) is 17.8 Å². The lowest BCUT2D eigenvalue weighted by atomic mass is 10.1. The summed E-state index contributed by atoms with van der Waals surface area (Å²) in [4.78, 5) is 21.7. The number of aryl methyl sites for hydroxylation is 1. The normalized spacial score (nSPS) is 14.0. The summed E-state index contributed by atoms with van der Waals surface area (Å²) in [7, 11) is 3.14. The van der Waals surface area contributed by atoms with E-state index in [-0.39, 0.29) is 24.5 Å². The highest BCUT2D eigenvalue weighted by Gasteiger charge is 2.27. The van der Waals surface area contributed by atoms with Gasteiger partial charge < -0.3 is 9.47 Å². The fraction of sp³-hybridized carbons (Fsp3) is 0.222. The molecule has 1 unspecified atom stereocenters. The summed E-state index contributed by atoms with van der Waals surface area (Å²) in [6, 6.07) is 6.80. The maximum atomic E-state index is 14.7. The summed E-state index contributed by atoms with van der Waals surface area (Å²) in [6.07, 6.45) is 2.10. The SMILES string of the molecule is CNS(=O)Nc1nccc(CN2Cc3ccc(Oc4ncnn4C)cc3OC2=O)c1F. The monoisotopic (exact) mass is 447 g/mol. The Labute approximate surface area is 178 Å². The highest BCUT2D eigenvalue weighted by molar-refractivity contribution is 7.84. The van der Waals surface area contributed by atoms with Crippen molar-refractivity contribution in [1.29, 1.82) is 0 Å². The van der Waals surface area contributed by atoms with Crippen molar-refractivity contribution in [1.82, 2.24) is 29.4 Å². The van der Waals surface area contributed by atoms with E-state index < -0.39 is 23.1 Å². The number of hydrogen-bond acceptors (Lipinski definition) is 7. The first-order valence-corrected chi connectivity index (χ1v) is 10.2. The second kappa shape index (κ2) is 8.65. The van der Waals surface area contributed by atoms with Crippen molar-refractivity contribution < 1.29 is 22.9 Å². The molecule has 11 nitrogen and oxygen atoms in total. The van der Waals surface area contributed by atoms with Gasteiger partial charge in [-0.2, -0.15) is 10.1 Å². The number of ether oxygens (including phenoxy) is 2. The number of amides is 1. The van der Waals surface area contributed by atoms with Crippen LogP contribution in [0, 0.1) is 5.82 Å². The molecule has 31 heavy (non-hydrogen) atoms. The largest absolute Gasteiger partial charge is 0.424 e. The number of aromatic nitrogens is 4. The van der Waals surface area contributed by atoms with Crippen molar-refractivity contribution in [3.8, 4) is 17.5 Å². The van der Waals surface area contributed by atoms with Crippen LogP contribution < -0.4 is 18.9 Å². The van der Waals surface area contributed by atoms with Crippen LogP contribution in [0.25, 0.3) is 0 Å². The van der Waals surface area contributed by atoms with E-state index in [9.17, 15) is 13.4 Å². The van der Waals surface area contributed by atoms with Crippen molar-refractivity contribution in [2.24, 2.45) is 7.05 Å². The molecule has 0 saturated carbocycles. The number of anilines is 1. The molecule has 0 spiro atoms. The zero-order valence-corrected chi connectivity index (χ0v) is 17.4. The Bertz CT molecular complexity index is 1160. The first-order chi connectivity index (χ1) is 14.9. The van der Waals surface area contributed by atoms with Crippen molar-refractivity contribution >= 4 is 23.1 Å². The van der Waals surface area contributed by atoms with Crippen LogP contribution in [0.5, 0.6) is 17.5 Å². The van der Waals surface area contributed by atoms with E-state index >= 15 is 0 Å². The number of carbonyl (C=O) groups is 1. The highest BCUT2D eigenvalue weighted by Crippen LogP contribution is 2.32. The van der Waals surface area contributed by atoms with Gasteiger partial charge in [-0.3, -0.25) is 9.62 Å². The molecule has 13 heteroatoms. The fourth-order valence-corrected chi connectivity index (χ4v) is 3.30. The standard InChI is InChI=1S/C18H18FN7O4S/c1-20-31(28)24-16-15(19)12(5-6-21-16)9-26-8-11-3-4-13(7-14(11)30-18(26)27)29-17-22-10-23-25(17)2/h3-7,10,20H,8-9H2,1-2H3,(H,21,24). The van der Waals surface area contributed by atoms with E-state index in [4.69, 9.17) is 9.47 Å². The Balaban J connectivity index is 1.50. The van der Waals surface area contributed by atoms with Gasteiger partial charge in [-0.15, -0.1) is 0 Å². The summed E-state index contributed by atoms with van der Waals surface area (Å²) in [5.41, 5.74) is 0.933. The molecule has 2 aromatic heterocycles. The molecule has 3 aromatic rings. The van der Waals surface area contributed by atoms with Crippen LogP contribution in [0.15, 0.2) is 36.8 Å². The number of nitrogens with zero attached hydrogens (tertiary/aromatic N) is 5. The van der Waals surface area contributed by atoms with Crippen LogP contribution in [0.1, 0.15) is 11.1 Å². The molecule has 1 aliphatic heterocycles. The van der Waals surface area contributed by atoms with Crippen LogP contribution >= 0.6 is 0 Å². The number of halogens is 1. The predicted molar refractivity (Wildman–Crippen MR) is 108 cm³/mol. The Morgan fingerprint density at radius 3 is 2.90 bits per heavy atom. The van der Waals surface area contributed by atoms with Crippen molar-refractivity contribution in [2.45, 2.75) is 13.1 Å². The quantitative estimate of drug-likeness (QED) is 0.567. The molecule has 1 aliphatic rings. The first kappa shape index (κ1) is 20.7. The second-order valence-corrected chi connectivity index (χ2v) is 7.62. The van der Waals surface area contributed by atoms with Gasteiger partial charge >= 0.3 is 12.1 Å². The fourth-order valence-electron chi connectivity index (χ4n) is 2.88. The molecule has 162 valence electrons. The maximum Gasteiger partial charge on any atom is 0.415 e. The average Bonchev–Trinajstić information content (AvgIpc) is 3.15. The van der Waals surface area contributed by atoms with Gasteiger partial charge in [-0.05, 0) is 25.2 Å². The molecule has 0 bridgehead atoms. The second-order valence-electron chi connectivity index (χ2n) is 6.47. The van der Waals surface area contributed by atoms with Crippen LogP contribution in [0.3, 0.4) is 0 Å². The van der Waals surface area contributed by atoms with Crippen LogP contribution in [-0.4, -0.2) is 42.0 Å². The minimum atomic E-state index is -1.69. The average molecular weight is 447 g/mol. The van der Waals surface area contributed by atoms with Crippen LogP contribution in [-0.2, 0) is 31.3 Å². The van der Waals surface area contributed by atoms with Gasteiger partial charge in [0, 0.05) is 30.4 Å². The number of benzene rings is 1. The molecule has 3 heterocycles. The van der Waals surface area contributed by atoms with E-state index in [1.165, 1.54) is 35.2 Å². The molecule has 4 rings (SSSR count). The zero-order valence-electron chi connectivity index (χ0n) is 16.5. The zero-order chi connectivity index (χ0) is 22.0. The highest BCUT2D eigenvalue weighted by atomic mass is 32.2. The predicted octanol–water partition coefficient (Wildman–Crippen LogP) is 1.87. The topological polar surface area (TPSA) is 124 Å². The molecule has 1 atom stereocenters. The maximum absolute atomic E-state index is 14.7. The number of rotatable bonds is 7.